The minimum absolute atomic E-state index is 0.0608. The van der Waals surface area contributed by atoms with E-state index in [1.54, 1.807) is 20.2 Å². The van der Waals surface area contributed by atoms with Crippen LogP contribution in [-0.4, -0.2) is 68.5 Å². The first-order chi connectivity index (χ1) is 14.4. The van der Waals surface area contributed by atoms with Crippen LogP contribution < -0.4 is 5.73 Å². The van der Waals surface area contributed by atoms with E-state index in [9.17, 15) is 34.8 Å². The molecule has 0 saturated heterocycles. The number of nitrogens with two attached hydrogens (primary N) is 1. The molecule has 0 bridgehead atoms. The number of amides is 1. The molecule has 0 spiro atoms. The van der Waals surface area contributed by atoms with Crippen LogP contribution >= 0.6 is 15.9 Å². The third-order valence-electron chi connectivity index (χ3n) is 6.55. The van der Waals surface area contributed by atoms with E-state index in [-0.39, 0.29) is 29.7 Å². The van der Waals surface area contributed by atoms with Gasteiger partial charge in [-0.15, -0.1) is 0 Å². The Hall–Kier alpha value is -2.69. The number of halogens is 1. The standard InChI is InChI=1S/C21H21BrN2O7/c1-24(2)15-9-6-7-5-8-10(22)3-4-11(25)13(8)16(26)12(7)18(28)21(9,31)19(29)14(17(15)27)20(23)30/h3-4,7,9,15,25-26,29,31H,5-6H2,1-2H3,(H2,23,30)/t7?,9?,15-,21-/m0/s1. The van der Waals surface area contributed by atoms with E-state index in [1.807, 2.05) is 0 Å². The summed E-state index contributed by atoms with van der Waals surface area (Å²) in [6, 6.07) is 1.88. The van der Waals surface area contributed by atoms with Crippen LogP contribution in [0, 0.1) is 11.8 Å². The quantitative estimate of drug-likeness (QED) is 0.377. The number of phenols is 1. The summed E-state index contributed by atoms with van der Waals surface area (Å²) in [5.74, 6) is -6.56. The Morgan fingerprint density at radius 2 is 1.87 bits per heavy atom. The summed E-state index contributed by atoms with van der Waals surface area (Å²) >= 11 is 3.39. The molecule has 0 aliphatic heterocycles. The maximum atomic E-state index is 13.5. The highest BCUT2D eigenvalue weighted by Crippen LogP contribution is 2.53. The third kappa shape index (κ3) is 2.71. The average Bonchev–Trinajstić information content (AvgIpc) is 2.67. The minimum Gasteiger partial charge on any atom is -0.508 e. The van der Waals surface area contributed by atoms with Gasteiger partial charge < -0.3 is 26.2 Å². The molecule has 9 nitrogen and oxygen atoms in total. The van der Waals surface area contributed by atoms with Gasteiger partial charge in [0.05, 0.1) is 11.6 Å². The number of phenolic OH excluding ortho intramolecular Hbond substituents is 1. The number of ketones is 2. The fourth-order valence-electron chi connectivity index (χ4n) is 5.21. The lowest BCUT2D eigenvalue weighted by Crippen LogP contribution is -2.65. The molecular formula is C21H21BrN2O7. The van der Waals surface area contributed by atoms with E-state index >= 15 is 0 Å². The van der Waals surface area contributed by atoms with Crippen LogP contribution in [0.2, 0.25) is 0 Å². The van der Waals surface area contributed by atoms with Crippen LogP contribution in [-0.2, 0) is 20.8 Å². The van der Waals surface area contributed by atoms with Gasteiger partial charge in [0, 0.05) is 16.0 Å². The zero-order valence-electron chi connectivity index (χ0n) is 16.7. The van der Waals surface area contributed by atoms with Crippen LogP contribution in [0.4, 0.5) is 0 Å². The second kappa shape index (κ2) is 6.91. The molecule has 0 heterocycles. The SMILES string of the molecule is CN(C)[C@@H]1C(=O)C(C(N)=O)=C(O)[C@@]2(O)C(=O)C3=C(O)c4c(O)ccc(Br)c4CC3CC12. The predicted octanol–water partition coefficient (Wildman–Crippen LogP) is 0.727. The van der Waals surface area contributed by atoms with Gasteiger partial charge in [-0.3, -0.25) is 19.3 Å². The monoisotopic (exact) mass is 492 g/mol. The number of hydrogen-bond acceptors (Lipinski definition) is 8. The second-order valence-corrected chi connectivity index (χ2v) is 9.24. The molecule has 3 aliphatic carbocycles. The summed E-state index contributed by atoms with van der Waals surface area (Å²) < 4.78 is 0.627. The Morgan fingerprint density at radius 3 is 2.45 bits per heavy atom. The highest BCUT2D eigenvalue weighted by atomic mass is 79.9. The van der Waals surface area contributed by atoms with Crippen molar-refractivity contribution in [2.75, 3.05) is 14.1 Å². The number of aliphatic hydroxyl groups is 3. The number of carbonyl (C=O) groups is 3. The first-order valence-corrected chi connectivity index (χ1v) is 10.4. The van der Waals surface area contributed by atoms with Crippen molar-refractivity contribution < 1.29 is 34.8 Å². The number of rotatable bonds is 2. The van der Waals surface area contributed by atoms with Crippen LogP contribution in [0.5, 0.6) is 5.75 Å². The maximum absolute atomic E-state index is 13.5. The fourth-order valence-corrected chi connectivity index (χ4v) is 5.70. The Kier molecular flexibility index (Phi) is 4.80. The summed E-state index contributed by atoms with van der Waals surface area (Å²) in [4.78, 5) is 39.9. The smallest absolute Gasteiger partial charge is 0.255 e. The van der Waals surface area contributed by atoms with Crippen molar-refractivity contribution in [1.29, 1.82) is 0 Å². The molecule has 31 heavy (non-hydrogen) atoms. The normalized spacial score (nSPS) is 30.3. The molecule has 164 valence electrons. The Morgan fingerprint density at radius 1 is 1.23 bits per heavy atom. The van der Waals surface area contributed by atoms with Gasteiger partial charge in [-0.05, 0) is 50.6 Å². The van der Waals surface area contributed by atoms with E-state index in [0.717, 1.165) is 0 Å². The molecule has 1 aromatic rings. The largest absolute Gasteiger partial charge is 0.508 e. The molecule has 6 N–H and O–H groups in total. The number of carbonyl (C=O) groups excluding carboxylic acids is 3. The van der Waals surface area contributed by atoms with Crippen LogP contribution in [0.1, 0.15) is 17.5 Å². The summed E-state index contributed by atoms with van der Waals surface area (Å²) in [6.45, 7) is 0. The number of aromatic hydroxyl groups is 1. The molecule has 1 aromatic carbocycles. The summed E-state index contributed by atoms with van der Waals surface area (Å²) in [5, 5.41) is 43.4. The van der Waals surface area contributed by atoms with Crippen LogP contribution in [0.3, 0.4) is 0 Å². The van der Waals surface area contributed by atoms with Gasteiger partial charge in [-0.1, -0.05) is 15.9 Å². The van der Waals surface area contributed by atoms with Crippen LogP contribution in [0.15, 0.2) is 33.5 Å². The lowest BCUT2D eigenvalue weighted by Gasteiger charge is -2.50. The maximum Gasteiger partial charge on any atom is 0.255 e. The van der Waals surface area contributed by atoms with Crippen LogP contribution in [0.25, 0.3) is 5.76 Å². The van der Waals surface area contributed by atoms with Gasteiger partial charge in [0.25, 0.3) is 5.91 Å². The lowest BCUT2D eigenvalue weighted by molar-refractivity contribution is -0.153. The van der Waals surface area contributed by atoms with E-state index in [2.05, 4.69) is 15.9 Å². The van der Waals surface area contributed by atoms with Gasteiger partial charge in [0.1, 0.15) is 22.8 Å². The van der Waals surface area contributed by atoms with Gasteiger partial charge in [0.2, 0.25) is 5.78 Å². The number of aliphatic hydroxyl groups excluding tert-OH is 2. The number of benzene rings is 1. The van der Waals surface area contributed by atoms with E-state index in [1.165, 1.54) is 11.0 Å². The highest BCUT2D eigenvalue weighted by Gasteiger charge is 2.64. The zero-order chi connectivity index (χ0) is 23.0. The molecule has 10 heteroatoms. The van der Waals surface area contributed by atoms with Crippen molar-refractivity contribution in [1.82, 2.24) is 4.90 Å². The zero-order valence-corrected chi connectivity index (χ0v) is 18.3. The van der Waals surface area contributed by atoms with Crippen molar-refractivity contribution in [3.63, 3.8) is 0 Å². The fraction of sp³-hybridized carbons (Fsp3) is 0.381. The molecule has 3 aliphatic rings. The van der Waals surface area contributed by atoms with Gasteiger partial charge in [-0.2, -0.15) is 0 Å². The Bertz CT molecular complexity index is 1120. The predicted molar refractivity (Wildman–Crippen MR) is 112 cm³/mol. The van der Waals surface area contributed by atoms with Gasteiger partial charge in [-0.25, -0.2) is 0 Å². The van der Waals surface area contributed by atoms with Gasteiger partial charge in [0.15, 0.2) is 11.4 Å². The second-order valence-electron chi connectivity index (χ2n) is 8.38. The Balaban J connectivity index is 1.99. The molecule has 2 unspecified atom stereocenters. The Labute approximate surface area is 185 Å². The van der Waals surface area contributed by atoms with Crippen molar-refractivity contribution in [2.24, 2.45) is 17.6 Å². The van der Waals surface area contributed by atoms with E-state index in [4.69, 9.17) is 5.73 Å². The van der Waals surface area contributed by atoms with E-state index in [0.29, 0.717) is 10.0 Å². The molecule has 1 fully saturated rings. The molecular weight excluding hydrogens is 472 g/mol. The molecule has 4 rings (SSSR count). The topological polar surface area (TPSA) is 161 Å². The number of primary amides is 1. The number of nitrogens with zero attached hydrogens (tertiary/aromatic N) is 1. The third-order valence-corrected chi connectivity index (χ3v) is 7.29. The first-order valence-electron chi connectivity index (χ1n) is 9.58. The van der Waals surface area contributed by atoms with Crippen molar-refractivity contribution in [3.8, 4) is 5.75 Å². The van der Waals surface area contributed by atoms with Crippen molar-refractivity contribution >= 4 is 39.2 Å². The number of Topliss-reactive ketones (excluding diaryl/α,β-unsaturated/α-hetero) is 2. The molecule has 1 saturated carbocycles. The molecule has 0 aromatic heterocycles. The van der Waals surface area contributed by atoms with Gasteiger partial charge >= 0.3 is 0 Å². The summed E-state index contributed by atoms with van der Waals surface area (Å²) in [6.07, 6.45) is 0.317. The molecule has 0 radical (unpaired) electrons. The van der Waals surface area contributed by atoms with Crippen molar-refractivity contribution in [2.45, 2.75) is 24.5 Å². The molecule has 1 amide bonds. The van der Waals surface area contributed by atoms with Crippen molar-refractivity contribution in [3.05, 3.63) is 44.6 Å². The minimum atomic E-state index is -2.62. The van der Waals surface area contributed by atoms with E-state index < -0.39 is 58.0 Å². The number of likely N-dealkylation sites (N-methyl/N-ethyl adjacent to an activating group) is 1. The first kappa shape index (κ1) is 21.5. The summed E-state index contributed by atoms with van der Waals surface area (Å²) in [5.41, 5.74) is 2.32. The lowest BCUT2D eigenvalue weighted by atomic mass is 9.57. The number of hydrogen-bond donors (Lipinski definition) is 5. The molecule has 4 atom stereocenters. The summed E-state index contributed by atoms with van der Waals surface area (Å²) in [7, 11) is 3.12. The number of fused-ring (bicyclic) bond motifs is 3. The average molecular weight is 493 g/mol. The highest BCUT2D eigenvalue weighted by molar-refractivity contribution is 9.10.